The van der Waals surface area contributed by atoms with E-state index in [1.807, 2.05) is 33.0 Å². The second-order valence-electron chi connectivity index (χ2n) is 8.21. The van der Waals surface area contributed by atoms with E-state index in [4.69, 9.17) is 4.74 Å². The molecule has 0 radical (unpaired) electrons. The van der Waals surface area contributed by atoms with Crippen LogP contribution in [-0.4, -0.2) is 47.9 Å². The fourth-order valence-electron chi connectivity index (χ4n) is 3.91. The van der Waals surface area contributed by atoms with Gasteiger partial charge < -0.3 is 14.6 Å². The summed E-state index contributed by atoms with van der Waals surface area (Å²) in [5.41, 5.74) is 3.00. The Morgan fingerprint density at radius 2 is 2.06 bits per heavy atom. The molecule has 1 aliphatic rings. The molecule has 0 saturated heterocycles. The lowest BCUT2D eigenvalue weighted by molar-refractivity contribution is -0.148. The maximum atomic E-state index is 13.3. The van der Waals surface area contributed by atoms with Crippen molar-refractivity contribution in [2.75, 3.05) is 13.7 Å². The van der Waals surface area contributed by atoms with Crippen LogP contribution in [0.3, 0.4) is 0 Å². The molecular formula is C24H32N4O4S. The van der Waals surface area contributed by atoms with Crippen LogP contribution in [0.4, 0.5) is 0 Å². The summed E-state index contributed by atoms with van der Waals surface area (Å²) in [4.78, 5) is 17.3. The molecular weight excluding hydrogens is 440 g/mol. The van der Waals surface area contributed by atoms with Crippen LogP contribution in [0.25, 0.3) is 6.08 Å². The van der Waals surface area contributed by atoms with Gasteiger partial charge in [-0.3, -0.25) is 4.79 Å². The molecule has 0 fully saturated rings. The van der Waals surface area contributed by atoms with Gasteiger partial charge in [0.1, 0.15) is 18.5 Å². The molecule has 3 rings (SSSR count). The van der Waals surface area contributed by atoms with E-state index in [2.05, 4.69) is 21.4 Å². The zero-order valence-corrected chi connectivity index (χ0v) is 20.4. The quantitative estimate of drug-likeness (QED) is 0.422. The van der Waals surface area contributed by atoms with Crippen molar-refractivity contribution in [3.05, 3.63) is 65.9 Å². The first-order valence-corrected chi connectivity index (χ1v) is 12.4. The maximum Gasteiger partial charge on any atom is 0.325 e. The summed E-state index contributed by atoms with van der Waals surface area (Å²) in [5, 5.41) is 3.15. The van der Waals surface area contributed by atoms with E-state index in [0.29, 0.717) is 19.5 Å². The summed E-state index contributed by atoms with van der Waals surface area (Å²) in [6.07, 6.45) is 5.99. The number of rotatable bonds is 10. The highest BCUT2D eigenvalue weighted by molar-refractivity contribution is 7.89. The molecule has 0 bridgehead atoms. The second-order valence-corrected chi connectivity index (χ2v) is 10.2. The van der Waals surface area contributed by atoms with Crippen LogP contribution in [0.5, 0.6) is 0 Å². The number of aryl methyl sites for hydroxylation is 1. The number of imidazole rings is 1. The van der Waals surface area contributed by atoms with E-state index in [0.717, 1.165) is 27.1 Å². The number of sulfonamides is 1. The lowest BCUT2D eigenvalue weighted by Gasteiger charge is -2.29. The van der Waals surface area contributed by atoms with Gasteiger partial charge in [-0.05, 0) is 42.8 Å². The molecule has 0 saturated carbocycles. The molecule has 0 amide bonds. The van der Waals surface area contributed by atoms with Crippen LogP contribution in [0.1, 0.15) is 43.0 Å². The average molecular weight is 473 g/mol. The van der Waals surface area contributed by atoms with E-state index >= 15 is 0 Å². The molecule has 2 atom stereocenters. The number of nitrogens with one attached hydrogen (secondary N) is 1. The number of carbonyl (C=O) groups is 1. The summed E-state index contributed by atoms with van der Waals surface area (Å²) in [6.45, 7) is 10.6. The molecule has 0 aliphatic carbocycles. The van der Waals surface area contributed by atoms with Crippen molar-refractivity contribution >= 4 is 22.1 Å². The first kappa shape index (κ1) is 24.7. The Labute approximate surface area is 196 Å². The van der Waals surface area contributed by atoms with Crippen molar-refractivity contribution in [2.45, 2.75) is 51.2 Å². The highest BCUT2D eigenvalue weighted by atomic mass is 32.2. The molecule has 8 nitrogen and oxygen atoms in total. The lowest BCUT2D eigenvalue weighted by atomic mass is 9.99. The molecule has 1 aromatic carbocycles. The Kier molecular flexibility index (Phi) is 7.76. The minimum Gasteiger partial charge on any atom is -0.460 e. The van der Waals surface area contributed by atoms with Gasteiger partial charge in [0.15, 0.2) is 0 Å². The number of hydrogen-bond acceptors (Lipinski definition) is 6. The molecule has 0 unspecified atom stereocenters. The van der Waals surface area contributed by atoms with Gasteiger partial charge in [0.05, 0.1) is 22.8 Å². The van der Waals surface area contributed by atoms with Crippen LogP contribution >= 0.6 is 0 Å². The summed E-state index contributed by atoms with van der Waals surface area (Å²) in [7, 11) is -2.47. The molecule has 178 valence electrons. The number of hydrogen-bond donors (Lipinski definition) is 1. The Bertz CT molecular complexity index is 1140. The molecule has 2 aromatic rings. The summed E-state index contributed by atoms with van der Waals surface area (Å²) >= 11 is 0. The minimum absolute atomic E-state index is 0.0387. The van der Waals surface area contributed by atoms with Gasteiger partial charge in [-0.2, -0.15) is 4.31 Å². The third kappa shape index (κ3) is 5.20. The van der Waals surface area contributed by atoms with Crippen LogP contribution in [0.2, 0.25) is 0 Å². The standard InChI is InChI=1S/C24H32N4O4S/c1-6-14-32-24(29)23(17(3)7-2)27(5)33(30,31)20-10-8-19(9-11-20)16-28-18(4)26-21-15-25-13-12-22(21)28/h6,8-13,17,23,25H,1,7,14-16H2,2-5H3/t17-,23-/m0/s1. The van der Waals surface area contributed by atoms with Gasteiger partial charge in [0, 0.05) is 13.6 Å². The Balaban J connectivity index is 1.83. The minimum atomic E-state index is -3.90. The molecule has 9 heteroatoms. The van der Waals surface area contributed by atoms with Crippen molar-refractivity contribution in [3.8, 4) is 0 Å². The highest BCUT2D eigenvalue weighted by Crippen LogP contribution is 2.24. The first-order chi connectivity index (χ1) is 15.7. The number of likely N-dealkylation sites (N-methyl/N-ethyl adjacent to an activating group) is 1. The van der Waals surface area contributed by atoms with Gasteiger partial charge in [-0.1, -0.05) is 45.1 Å². The van der Waals surface area contributed by atoms with Gasteiger partial charge in [-0.25, -0.2) is 13.4 Å². The van der Waals surface area contributed by atoms with Gasteiger partial charge in [0.25, 0.3) is 0 Å². The zero-order valence-electron chi connectivity index (χ0n) is 19.6. The van der Waals surface area contributed by atoms with Gasteiger partial charge in [-0.15, -0.1) is 0 Å². The Hall–Kier alpha value is -2.91. The van der Waals surface area contributed by atoms with E-state index in [9.17, 15) is 13.2 Å². The predicted octanol–water partition coefficient (Wildman–Crippen LogP) is 3.08. The molecule has 33 heavy (non-hydrogen) atoms. The summed E-state index contributed by atoms with van der Waals surface area (Å²) < 4.78 is 35.0. The predicted molar refractivity (Wildman–Crippen MR) is 128 cm³/mol. The zero-order chi connectivity index (χ0) is 24.2. The number of benzene rings is 1. The number of esters is 1. The summed E-state index contributed by atoms with van der Waals surface area (Å²) in [6, 6.07) is 5.84. The number of aromatic nitrogens is 2. The van der Waals surface area contributed by atoms with Crippen molar-refractivity contribution in [1.82, 2.24) is 19.2 Å². The molecule has 1 aromatic heterocycles. The lowest BCUT2D eigenvalue weighted by Crippen LogP contribution is -2.47. The fraction of sp³-hybridized carbons (Fsp3) is 0.417. The highest BCUT2D eigenvalue weighted by Gasteiger charge is 2.37. The molecule has 0 spiro atoms. The van der Waals surface area contributed by atoms with Crippen molar-refractivity contribution in [1.29, 1.82) is 0 Å². The normalized spacial score (nSPS) is 14.9. The van der Waals surface area contributed by atoms with Gasteiger partial charge in [0.2, 0.25) is 10.0 Å². The smallest absolute Gasteiger partial charge is 0.325 e. The second kappa shape index (κ2) is 10.4. The van der Waals surface area contributed by atoms with E-state index in [1.165, 1.54) is 13.1 Å². The third-order valence-corrected chi connectivity index (χ3v) is 7.86. The molecule has 1 N–H and O–H groups in total. The van der Waals surface area contributed by atoms with Crippen LogP contribution in [-0.2, 0) is 32.6 Å². The first-order valence-electron chi connectivity index (χ1n) is 11.0. The number of nitrogens with zero attached hydrogens (tertiary/aromatic N) is 3. The SMILES string of the molecule is C=CCOC(=O)[C@H]([C@@H](C)CC)N(C)S(=O)(=O)c1ccc(Cn2c(C)nc3c2C=CNC3)cc1. The van der Waals surface area contributed by atoms with Crippen LogP contribution in [0, 0.1) is 12.8 Å². The van der Waals surface area contributed by atoms with Gasteiger partial charge >= 0.3 is 5.97 Å². The molecule has 1 aliphatic heterocycles. The van der Waals surface area contributed by atoms with Crippen molar-refractivity contribution in [3.63, 3.8) is 0 Å². The average Bonchev–Trinajstić information content (AvgIpc) is 3.12. The van der Waals surface area contributed by atoms with E-state index in [-0.39, 0.29) is 17.4 Å². The van der Waals surface area contributed by atoms with E-state index < -0.39 is 22.0 Å². The Morgan fingerprint density at radius 1 is 1.36 bits per heavy atom. The monoisotopic (exact) mass is 472 g/mol. The van der Waals surface area contributed by atoms with Crippen LogP contribution in [0.15, 0.2) is 48.0 Å². The number of ether oxygens (including phenoxy) is 1. The van der Waals surface area contributed by atoms with Crippen molar-refractivity contribution < 1.29 is 17.9 Å². The van der Waals surface area contributed by atoms with E-state index in [1.54, 1.807) is 24.3 Å². The van der Waals surface area contributed by atoms with Crippen molar-refractivity contribution in [2.24, 2.45) is 5.92 Å². The number of carbonyl (C=O) groups excluding carboxylic acids is 1. The summed E-state index contributed by atoms with van der Waals surface area (Å²) in [5.74, 6) is 0.119. The molecule has 2 heterocycles. The largest absolute Gasteiger partial charge is 0.460 e. The Morgan fingerprint density at radius 3 is 2.70 bits per heavy atom. The third-order valence-electron chi connectivity index (χ3n) is 6.00. The maximum absolute atomic E-state index is 13.3. The van der Waals surface area contributed by atoms with Crippen LogP contribution < -0.4 is 5.32 Å². The topological polar surface area (TPSA) is 93.5 Å². The fourth-order valence-corrected chi connectivity index (χ4v) is 5.31. The number of fused-ring (bicyclic) bond motifs is 1.